The van der Waals surface area contributed by atoms with Crippen molar-refractivity contribution in [2.24, 2.45) is 0 Å². The summed E-state index contributed by atoms with van der Waals surface area (Å²) in [6.07, 6.45) is 6.45. The van der Waals surface area contributed by atoms with Gasteiger partial charge in [-0.2, -0.15) is 12.1 Å². The second-order valence-corrected chi connectivity index (χ2v) is 18.3. The maximum Gasteiger partial charge on any atom is 4.00 e. The fraction of sp³-hybridized carbons (Fsp3) is 0.333. The molecule has 0 fully saturated rings. The zero-order valence-electron chi connectivity index (χ0n) is 37.3. The molecule has 0 aliphatic heterocycles. The zero-order chi connectivity index (χ0) is 40.5. The van der Waals surface area contributed by atoms with Gasteiger partial charge in [0.25, 0.3) is 0 Å². The molecule has 7 aromatic rings. The molecule has 7 rings (SSSR count). The minimum absolute atomic E-state index is 0. The summed E-state index contributed by atoms with van der Waals surface area (Å²) in [5, 5.41) is 5.38. The van der Waals surface area contributed by atoms with Crippen LogP contribution in [0.15, 0.2) is 127 Å². The van der Waals surface area contributed by atoms with Crippen molar-refractivity contribution in [3.63, 3.8) is 0 Å². The van der Waals surface area contributed by atoms with Crippen LogP contribution in [0, 0.1) is 6.92 Å². The van der Waals surface area contributed by atoms with Crippen molar-refractivity contribution < 1.29 is 55.8 Å². The first kappa shape index (κ1) is 51.9. The predicted octanol–water partition coefficient (Wildman–Crippen LogP) is 9.95. The van der Waals surface area contributed by atoms with Gasteiger partial charge in [-0.05, 0) is 51.6 Å². The van der Waals surface area contributed by atoms with Gasteiger partial charge in [-0.3, -0.25) is 0 Å². The number of halogens is 2. The molecule has 0 bridgehead atoms. The average molecular weight is 919 g/mol. The Balaban J connectivity index is 0.000000364. The summed E-state index contributed by atoms with van der Waals surface area (Å²) in [6.45, 7) is 22.3. The summed E-state index contributed by atoms with van der Waals surface area (Å²) in [5.74, 6) is 1.03. The van der Waals surface area contributed by atoms with Crippen molar-refractivity contribution >= 4 is 31.1 Å². The number of aryl methyl sites for hydroxylation is 2. The van der Waals surface area contributed by atoms with Crippen LogP contribution in [0.4, 0.5) is 0 Å². The van der Waals surface area contributed by atoms with E-state index in [2.05, 4.69) is 196 Å². The fourth-order valence-electron chi connectivity index (χ4n) is 7.77. The SMILES string of the molecule is CCCCCCc1cc2c(-c3ccccc3-c3ccccc3)cccc2[cH-]1.COc1c(C(C)(C)C)cc(-c2cccc3[cH-]c(C)cc23)cc1C(C)(C)C.C[Si]C.[Cl-].[Cl-].[Zr+4]. The predicted molar refractivity (Wildman–Crippen MR) is 249 cm³/mol. The summed E-state index contributed by atoms with van der Waals surface area (Å²) >= 11 is 0. The van der Waals surface area contributed by atoms with Gasteiger partial charge >= 0.3 is 26.2 Å². The van der Waals surface area contributed by atoms with Crippen molar-refractivity contribution in [3.05, 3.63) is 150 Å². The standard InChI is InChI=1S/C27H27.C25H31O.C2H6Si.2ClH.Zr/c1-2-3-4-6-12-21-19-23-15-11-18-26(27(23)20-21)25-17-10-9-16-24(25)22-13-7-5-8-14-22;1-16-12-17-10-9-11-19(20(17)13-16)18-14-21(24(2,3)4)23(26-8)22(15-18)25(5,6)7;1-3-2;;;/h5,7-11,13-20H,2-4,6,12H2,1H3;9-15H,1-8H3;1-2H3;2*1H;/q2*-1;;;;+4/p-2. The van der Waals surface area contributed by atoms with E-state index in [0.717, 1.165) is 15.3 Å². The van der Waals surface area contributed by atoms with Crippen molar-refractivity contribution in [2.45, 2.75) is 111 Å². The number of hydrogen-bond donors (Lipinski definition) is 0. The number of benzene rings is 5. The third kappa shape index (κ3) is 13.1. The van der Waals surface area contributed by atoms with Gasteiger partial charge in [0.05, 0.1) is 7.11 Å². The van der Waals surface area contributed by atoms with Gasteiger partial charge in [-0.25, -0.2) is 0 Å². The van der Waals surface area contributed by atoms with Crippen LogP contribution in [0.3, 0.4) is 0 Å². The second-order valence-electron chi connectivity index (χ2n) is 17.3. The van der Waals surface area contributed by atoms with Crippen molar-refractivity contribution in [3.8, 4) is 39.1 Å². The van der Waals surface area contributed by atoms with Gasteiger partial charge in [0.2, 0.25) is 0 Å². The molecule has 0 unspecified atom stereocenters. The average Bonchev–Trinajstić information content (AvgIpc) is 3.78. The molecule has 0 aliphatic carbocycles. The van der Waals surface area contributed by atoms with Crippen LogP contribution in [-0.4, -0.2) is 16.6 Å². The van der Waals surface area contributed by atoms with Gasteiger partial charge in [-0.1, -0.05) is 172 Å². The largest absolute Gasteiger partial charge is 4.00 e. The molecule has 0 amide bonds. The molecule has 308 valence electrons. The van der Waals surface area contributed by atoms with Crippen LogP contribution < -0.4 is 29.6 Å². The molecule has 0 aromatic heterocycles. The van der Waals surface area contributed by atoms with Crippen molar-refractivity contribution in [2.75, 3.05) is 7.11 Å². The van der Waals surface area contributed by atoms with Crippen LogP contribution in [0.25, 0.3) is 54.9 Å². The Morgan fingerprint density at radius 1 is 0.559 bits per heavy atom. The maximum atomic E-state index is 5.91. The van der Waals surface area contributed by atoms with Crippen molar-refractivity contribution in [1.82, 2.24) is 0 Å². The Morgan fingerprint density at radius 2 is 1.07 bits per heavy atom. The minimum atomic E-state index is 0. The van der Waals surface area contributed by atoms with E-state index in [4.69, 9.17) is 4.74 Å². The summed E-state index contributed by atoms with van der Waals surface area (Å²) in [5.41, 5.74) is 13.2. The topological polar surface area (TPSA) is 9.23 Å². The maximum absolute atomic E-state index is 5.91. The summed E-state index contributed by atoms with van der Waals surface area (Å²) < 4.78 is 5.91. The normalized spacial score (nSPS) is 11.0. The molecule has 1 nitrogen and oxygen atoms in total. The minimum Gasteiger partial charge on any atom is -1.00 e. The molecule has 0 N–H and O–H groups in total. The molecule has 0 saturated heterocycles. The van der Waals surface area contributed by atoms with E-state index in [1.807, 2.05) is 0 Å². The number of unbranched alkanes of at least 4 members (excludes halogenated alkanes) is 3. The summed E-state index contributed by atoms with van der Waals surface area (Å²) in [7, 11) is 2.88. The quantitative estimate of drug-likeness (QED) is 0.0797. The summed E-state index contributed by atoms with van der Waals surface area (Å²) in [4.78, 5) is 0. The van der Waals surface area contributed by atoms with E-state index in [0.29, 0.717) is 0 Å². The number of methoxy groups -OCH3 is 1. The second kappa shape index (κ2) is 23.7. The molecule has 2 radical (unpaired) electrons. The molecule has 59 heavy (non-hydrogen) atoms. The van der Waals surface area contributed by atoms with Gasteiger partial charge < -0.3 is 29.6 Å². The van der Waals surface area contributed by atoms with Crippen molar-refractivity contribution in [1.29, 1.82) is 0 Å². The Morgan fingerprint density at radius 3 is 1.63 bits per heavy atom. The third-order valence-electron chi connectivity index (χ3n) is 10.5. The number of fused-ring (bicyclic) bond motifs is 2. The number of ether oxygens (including phenoxy) is 1. The Labute approximate surface area is 391 Å². The Kier molecular flexibility index (Phi) is 20.9. The first-order valence-electron chi connectivity index (χ1n) is 20.6. The van der Waals surface area contributed by atoms with Gasteiger partial charge in [0.1, 0.15) is 5.75 Å². The van der Waals surface area contributed by atoms with Gasteiger partial charge in [0.15, 0.2) is 0 Å². The van der Waals surface area contributed by atoms with Crippen LogP contribution >= 0.6 is 0 Å². The van der Waals surface area contributed by atoms with E-state index >= 15 is 0 Å². The van der Waals surface area contributed by atoms with E-state index in [9.17, 15) is 0 Å². The van der Waals surface area contributed by atoms with E-state index in [-0.39, 0.29) is 61.8 Å². The smallest absolute Gasteiger partial charge is 1.00 e. The fourth-order valence-corrected chi connectivity index (χ4v) is 7.77. The van der Waals surface area contributed by atoms with Gasteiger partial charge in [0, 0.05) is 20.6 Å². The monoisotopic (exact) mass is 916 g/mol. The molecule has 0 aliphatic rings. The van der Waals surface area contributed by atoms with E-state index in [1.165, 1.54) is 109 Å². The van der Waals surface area contributed by atoms with E-state index < -0.39 is 0 Å². The number of rotatable bonds is 9. The molecule has 0 spiro atoms. The molecule has 0 atom stereocenters. The molecular formula is C54H64Cl2OSiZr. The first-order valence-corrected chi connectivity index (χ1v) is 22.6. The zero-order valence-corrected chi connectivity index (χ0v) is 42.3. The van der Waals surface area contributed by atoms with Gasteiger partial charge in [-0.15, -0.1) is 69.1 Å². The summed E-state index contributed by atoms with van der Waals surface area (Å²) in [6, 6.07) is 46.8. The van der Waals surface area contributed by atoms with E-state index in [1.54, 1.807) is 7.11 Å². The third-order valence-corrected chi connectivity index (χ3v) is 10.5. The molecule has 0 heterocycles. The molecule has 5 heteroatoms. The molecule has 0 saturated carbocycles. The Bertz CT molecular complexity index is 2290. The molecule has 7 aromatic carbocycles. The van der Waals surface area contributed by atoms with Crippen LogP contribution in [-0.2, 0) is 43.5 Å². The Hall–Kier alpha value is -3.20. The number of hydrogen-bond acceptors (Lipinski definition) is 1. The van der Waals surface area contributed by atoms with Crippen LogP contribution in [0.1, 0.15) is 96.4 Å². The first-order chi connectivity index (χ1) is 26.8. The van der Waals surface area contributed by atoms with Crippen LogP contribution in [0.2, 0.25) is 13.1 Å². The van der Waals surface area contributed by atoms with Crippen LogP contribution in [0.5, 0.6) is 5.75 Å². The molecular weight excluding hydrogens is 855 g/mol.